The van der Waals surface area contributed by atoms with Gasteiger partial charge in [0.1, 0.15) is 5.82 Å². The Morgan fingerprint density at radius 1 is 1.21 bits per heavy atom. The molecule has 1 N–H and O–H groups in total. The molecule has 0 radical (unpaired) electrons. The van der Waals surface area contributed by atoms with E-state index in [1.54, 1.807) is 6.07 Å². The predicted octanol–water partition coefficient (Wildman–Crippen LogP) is 2.78. The second-order valence-electron chi connectivity index (χ2n) is 5.58. The van der Waals surface area contributed by atoms with Crippen LogP contribution in [-0.2, 0) is 12.8 Å². The molecule has 0 atom stereocenters. The molecular weight excluding hydrogens is 236 g/mol. The standard InChI is InChI=1S/C16H18N2O/c1-10(2)14-9-15(19)18-16(17-14)13-7-11-5-3-4-6-12(11)8-13/h3-6,9-10,13H,7-8H2,1-2H3,(H,17,18,19). The molecule has 3 heteroatoms. The molecule has 1 aliphatic rings. The van der Waals surface area contributed by atoms with Crippen molar-refractivity contribution in [2.24, 2.45) is 0 Å². The molecule has 1 heterocycles. The van der Waals surface area contributed by atoms with Gasteiger partial charge in [0.2, 0.25) is 0 Å². The summed E-state index contributed by atoms with van der Waals surface area (Å²) in [6, 6.07) is 10.1. The van der Waals surface area contributed by atoms with Gasteiger partial charge >= 0.3 is 0 Å². The molecule has 3 rings (SSSR count). The van der Waals surface area contributed by atoms with Crippen molar-refractivity contribution in [2.45, 2.75) is 38.5 Å². The second-order valence-corrected chi connectivity index (χ2v) is 5.58. The minimum atomic E-state index is -0.0374. The molecule has 0 unspecified atom stereocenters. The molecule has 3 nitrogen and oxygen atoms in total. The highest BCUT2D eigenvalue weighted by Gasteiger charge is 2.24. The van der Waals surface area contributed by atoms with Crippen molar-refractivity contribution in [3.8, 4) is 0 Å². The molecule has 0 spiro atoms. The first-order chi connectivity index (χ1) is 9.13. The lowest BCUT2D eigenvalue weighted by atomic mass is 10.0. The van der Waals surface area contributed by atoms with Gasteiger partial charge in [0, 0.05) is 12.0 Å². The highest BCUT2D eigenvalue weighted by molar-refractivity contribution is 5.35. The van der Waals surface area contributed by atoms with Crippen molar-refractivity contribution in [3.63, 3.8) is 0 Å². The van der Waals surface area contributed by atoms with E-state index in [-0.39, 0.29) is 11.5 Å². The van der Waals surface area contributed by atoms with Crippen LogP contribution in [0.3, 0.4) is 0 Å². The zero-order valence-electron chi connectivity index (χ0n) is 11.3. The minimum Gasteiger partial charge on any atom is -0.310 e. The quantitative estimate of drug-likeness (QED) is 0.895. The third kappa shape index (κ3) is 2.33. The number of fused-ring (bicyclic) bond motifs is 1. The van der Waals surface area contributed by atoms with Crippen LogP contribution in [0.2, 0.25) is 0 Å². The Balaban J connectivity index is 1.95. The zero-order valence-corrected chi connectivity index (χ0v) is 11.3. The zero-order chi connectivity index (χ0) is 13.4. The van der Waals surface area contributed by atoms with Gasteiger partial charge in [-0.25, -0.2) is 4.98 Å². The molecule has 98 valence electrons. The van der Waals surface area contributed by atoms with Crippen molar-refractivity contribution >= 4 is 0 Å². The van der Waals surface area contributed by atoms with E-state index >= 15 is 0 Å². The fourth-order valence-corrected chi connectivity index (χ4v) is 2.74. The van der Waals surface area contributed by atoms with Crippen molar-refractivity contribution in [2.75, 3.05) is 0 Å². The van der Waals surface area contributed by atoms with Gasteiger partial charge in [0.25, 0.3) is 5.56 Å². The Morgan fingerprint density at radius 3 is 2.42 bits per heavy atom. The monoisotopic (exact) mass is 254 g/mol. The van der Waals surface area contributed by atoms with E-state index in [0.717, 1.165) is 24.4 Å². The first kappa shape index (κ1) is 12.2. The maximum absolute atomic E-state index is 11.7. The van der Waals surface area contributed by atoms with Crippen molar-refractivity contribution in [1.29, 1.82) is 0 Å². The number of aromatic nitrogens is 2. The maximum atomic E-state index is 11.7. The van der Waals surface area contributed by atoms with Crippen LogP contribution in [0.4, 0.5) is 0 Å². The SMILES string of the molecule is CC(C)c1cc(=O)[nH]c(C2Cc3ccccc3C2)n1. The number of nitrogens with zero attached hydrogens (tertiary/aromatic N) is 1. The fourth-order valence-electron chi connectivity index (χ4n) is 2.74. The Morgan fingerprint density at radius 2 is 1.84 bits per heavy atom. The van der Waals surface area contributed by atoms with Crippen LogP contribution >= 0.6 is 0 Å². The van der Waals surface area contributed by atoms with Crippen LogP contribution in [-0.4, -0.2) is 9.97 Å². The molecule has 0 saturated carbocycles. The van der Waals surface area contributed by atoms with Gasteiger partial charge in [-0.3, -0.25) is 4.79 Å². The fraction of sp³-hybridized carbons (Fsp3) is 0.375. The smallest absolute Gasteiger partial charge is 0.251 e. The first-order valence-corrected chi connectivity index (χ1v) is 6.81. The van der Waals surface area contributed by atoms with Gasteiger partial charge in [-0.1, -0.05) is 38.1 Å². The summed E-state index contributed by atoms with van der Waals surface area (Å²) in [7, 11) is 0. The van der Waals surface area contributed by atoms with Crippen LogP contribution in [0, 0.1) is 0 Å². The van der Waals surface area contributed by atoms with E-state index in [1.807, 2.05) is 0 Å². The normalized spacial score (nSPS) is 14.9. The number of rotatable bonds is 2. The molecule has 0 saturated heterocycles. The van der Waals surface area contributed by atoms with Gasteiger partial charge in [-0.2, -0.15) is 0 Å². The number of benzene rings is 1. The summed E-state index contributed by atoms with van der Waals surface area (Å²) in [5, 5.41) is 0. The lowest BCUT2D eigenvalue weighted by molar-refractivity contribution is 0.659. The third-order valence-electron chi connectivity index (χ3n) is 3.81. The predicted molar refractivity (Wildman–Crippen MR) is 75.5 cm³/mol. The summed E-state index contributed by atoms with van der Waals surface area (Å²) < 4.78 is 0. The number of hydrogen-bond acceptors (Lipinski definition) is 2. The lowest BCUT2D eigenvalue weighted by Crippen LogP contribution is -2.16. The summed E-state index contributed by atoms with van der Waals surface area (Å²) >= 11 is 0. The Bertz CT molecular complexity index is 633. The molecule has 1 aliphatic carbocycles. The summed E-state index contributed by atoms with van der Waals surface area (Å²) in [6.45, 7) is 4.13. The van der Waals surface area contributed by atoms with Gasteiger partial charge in [-0.05, 0) is 29.9 Å². The van der Waals surface area contributed by atoms with Crippen molar-refractivity contribution < 1.29 is 0 Å². The Labute approximate surface area is 112 Å². The lowest BCUT2D eigenvalue weighted by Gasteiger charge is -2.11. The number of H-pyrrole nitrogens is 1. The molecule has 2 aromatic rings. The summed E-state index contributed by atoms with van der Waals surface area (Å²) in [4.78, 5) is 19.3. The van der Waals surface area contributed by atoms with Crippen molar-refractivity contribution in [3.05, 3.63) is 63.3 Å². The average Bonchev–Trinajstić information content (AvgIpc) is 2.81. The Hall–Kier alpha value is -1.90. The van der Waals surface area contributed by atoms with Crippen LogP contribution in [0.1, 0.15) is 48.3 Å². The second kappa shape index (κ2) is 4.65. The van der Waals surface area contributed by atoms with Gasteiger partial charge in [0.15, 0.2) is 0 Å². The van der Waals surface area contributed by atoms with Crippen LogP contribution in [0.25, 0.3) is 0 Å². The van der Waals surface area contributed by atoms with Gasteiger partial charge < -0.3 is 4.98 Å². The Kier molecular flexibility index (Phi) is 2.97. The molecule has 0 aliphatic heterocycles. The number of nitrogens with one attached hydrogen (secondary N) is 1. The average molecular weight is 254 g/mol. The van der Waals surface area contributed by atoms with E-state index in [0.29, 0.717) is 5.92 Å². The largest absolute Gasteiger partial charge is 0.310 e. The molecule has 0 amide bonds. The summed E-state index contributed by atoms with van der Waals surface area (Å²) in [6.07, 6.45) is 1.95. The minimum absolute atomic E-state index is 0.0374. The summed E-state index contributed by atoms with van der Waals surface area (Å²) in [5.41, 5.74) is 3.61. The van der Waals surface area contributed by atoms with Crippen LogP contribution in [0.5, 0.6) is 0 Å². The van der Waals surface area contributed by atoms with E-state index in [2.05, 4.69) is 48.1 Å². The van der Waals surface area contributed by atoms with Crippen molar-refractivity contribution in [1.82, 2.24) is 9.97 Å². The highest BCUT2D eigenvalue weighted by Crippen LogP contribution is 2.32. The molecule has 19 heavy (non-hydrogen) atoms. The first-order valence-electron chi connectivity index (χ1n) is 6.81. The molecule has 0 bridgehead atoms. The van der Waals surface area contributed by atoms with Crippen LogP contribution in [0.15, 0.2) is 35.1 Å². The van der Waals surface area contributed by atoms with E-state index < -0.39 is 0 Å². The van der Waals surface area contributed by atoms with E-state index in [9.17, 15) is 4.79 Å². The third-order valence-corrected chi connectivity index (χ3v) is 3.81. The highest BCUT2D eigenvalue weighted by atomic mass is 16.1. The summed E-state index contributed by atoms with van der Waals surface area (Å²) in [5.74, 6) is 1.43. The maximum Gasteiger partial charge on any atom is 0.251 e. The molecular formula is C16H18N2O. The van der Waals surface area contributed by atoms with Gasteiger partial charge in [0.05, 0.1) is 5.69 Å². The van der Waals surface area contributed by atoms with E-state index in [1.165, 1.54) is 11.1 Å². The number of aromatic amines is 1. The molecule has 0 fully saturated rings. The molecule has 1 aromatic heterocycles. The number of hydrogen-bond donors (Lipinski definition) is 1. The topological polar surface area (TPSA) is 45.8 Å². The van der Waals surface area contributed by atoms with E-state index in [4.69, 9.17) is 0 Å². The van der Waals surface area contributed by atoms with Crippen LogP contribution < -0.4 is 5.56 Å². The molecule has 1 aromatic carbocycles. The van der Waals surface area contributed by atoms with Gasteiger partial charge in [-0.15, -0.1) is 0 Å².